The van der Waals surface area contributed by atoms with Gasteiger partial charge < -0.3 is 9.64 Å². The van der Waals surface area contributed by atoms with Crippen LogP contribution in [0.25, 0.3) is 5.69 Å². The molecule has 4 rings (SSSR count). The zero-order valence-electron chi connectivity index (χ0n) is 18.5. The maximum atomic E-state index is 13.3. The van der Waals surface area contributed by atoms with Gasteiger partial charge in [0.05, 0.1) is 5.69 Å². The minimum Gasteiger partial charge on any atom is -0.490 e. The van der Waals surface area contributed by atoms with E-state index in [1.54, 1.807) is 16.7 Å². The predicted molar refractivity (Wildman–Crippen MR) is 121 cm³/mol. The molecule has 0 N–H and O–H groups in total. The Morgan fingerprint density at radius 1 is 0.968 bits per heavy atom. The Balaban J connectivity index is 1.46. The van der Waals surface area contributed by atoms with Crippen molar-refractivity contribution in [2.75, 3.05) is 18.0 Å². The van der Waals surface area contributed by atoms with E-state index in [1.165, 1.54) is 17.8 Å². The molecular formula is C25H28FN3O2. The molecule has 5 nitrogen and oxygen atoms in total. The van der Waals surface area contributed by atoms with Gasteiger partial charge in [-0.2, -0.15) is 0 Å². The van der Waals surface area contributed by atoms with Crippen LogP contribution in [0.3, 0.4) is 0 Å². The molecule has 1 saturated heterocycles. The van der Waals surface area contributed by atoms with Gasteiger partial charge in [-0.1, -0.05) is 0 Å². The maximum Gasteiger partial charge on any atom is 0.258 e. The van der Waals surface area contributed by atoms with Crippen molar-refractivity contribution >= 4 is 5.69 Å². The van der Waals surface area contributed by atoms with Crippen molar-refractivity contribution in [2.24, 2.45) is 0 Å². The Kier molecular flexibility index (Phi) is 5.81. The van der Waals surface area contributed by atoms with Crippen LogP contribution in [0, 0.1) is 33.5 Å². The molecule has 3 aromatic rings. The van der Waals surface area contributed by atoms with Crippen molar-refractivity contribution in [3.8, 4) is 11.4 Å². The van der Waals surface area contributed by atoms with Gasteiger partial charge in [-0.15, -0.1) is 0 Å². The van der Waals surface area contributed by atoms with Crippen molar-refractivity contribution in [1.82, 2.24) is 9.55 Å². The highest BCUT2D eigenvalue weighted by atomic mass is 19.1. The van der Waals surface area contributed by atoms with Crippen LogP contribution < -0.4 is 15.2 Å². The van der Waals surface area contributed by atoms with Gasteiger partial charge in [-0.25, -0.2) is 9.37 Å². The summed E-state index contributed by atoms with van der Waals surface area (Å²) in [6, 6.07) is 12.3. The number of piperidine rings is 1. The standard InChI is InChI=1S/C25H28FN3O2/c1-16-14-21(29-19(4)27-18(3)15-25(29)30)6-7-23(16)28-11-9-22(10-12-28)31-24-8-5-20(26)13-17(24)2/h5-8,13-15,22H,9-12H2,1-4H3. The molecule has 0 aliphatic carbocycles. The Labute approximate surface area is 182 Å². The maximum absolute atomic E-state index is 13.3. The van der Waals surface area contributed by atoms with E-state index in [-0.39, 0.29) is 17.5 Å². The largest absolute Gasteiger partial charge is 0.490 e. The molecule has 2 heterocycles. The summed E-state index contributed by atoms with van der Waals surface area (Å²) in [5.74, 6) is 1.21. The molecule has 0 saturated carbocycles. The molecule has 2 aromatic carbocycles. The molecule has 1 aromatic heterocycles. The van der Waals surface area contributed by atoms with Crippen molar-refractivity contribution < 1.29 is 9.13 Å². The minimum atomic E-state index is -0.238. The monoisotopic (exact) mass is 421 g/mol. The number of halogens is 1. The van der Waals surface area contributed by atoms with Crippen LogP contribution in [0.4, 0.5) is 10.1 Å². The van der Waals surface area contributed by atoms with E-state index < -0.39 is 0 Å². The van der Waals surface area contributed by atoms with Crippen LogP contribution in [0.1, 0.15) is 35.5 Å². The summed E-state index contributed by atoms with van der Waals surface area (Å²) < 4.78 is 21.1. The van der Waals surface area contributed by atoms with E-state index in [0.29, 0.717) is 5.82 Å². The third-order valence-electron chi connectivity index (χ3n) is 5.87. The fourth-order valence-corrected chi connectivity index (χ4v) is 4.33. The quantitative estimate of drug-likeness (QED) is 0.615. The van der Waals surface area contributed by atoms with E-state index in [1.807, 2.05) is 32.9 Å². The van der Waals surface area contributed by atoms with Crippen LogP contribution in [-0.4, -0.2) is 28.7 Å². The average Bonchev–Trinajstić information content (AvgIpc) is 2.70. The second kappa shape index (κ2) is 8.53. The molecular weight excluding hydrogens is 393 g/mol. The molecule has 162 valence electrons. The Morgan fingerprint density at radius 3 is 2.35 bits per heavy atom. The first-order chi connectivity index (χ1) is 14.8. The molecule has 1 aliphatic heterocycles. The zero-order chi connectivity index (χ0) is 22.1. The van der Waals surface area contributed by atoms with E-state index in [2.05, 4.69) is 22.9 Å². The van der Waals surface area contributed by atoms with E-state index in [4.69, 9.17) is 4.74 Å². The van der Waals surface area contributed by atoms with Gasteiger partial charge in [0.1, 0.15) is 23.5 Å². The molecule has 1 fully saturated rings. The average molecular weight is 422 g/mol. The lowest BCUT2D eigenvalue weighted by atomic mass is 10.0. The van der Waals surface area contributed by atoms with Crippen LogP contribution >= 0.6 is 0 Å². The lowest BCUT2D eigenvalue weighted by Crippen LogP contribution is -2.38. The van der Waals surface area contributed by atoms with Gasteiger partial charge in [-0.05, 0) is 75.2 Å². The first-order valence-corrected chi connectivity index (χ1v) is 10.7. The molecule has 1 aliphatic rings. The molecule has 0 amide bonds. The fourth-order valence-electron chi connectivity index (χ4n) is 4.33. The number of anilines is 1. The van der Waals surface area contributed by atoms with Crippen LogP contribution in [-0.2, 0) is 0 Å². The smallest absolute Gasteiger partial charge is 0.258 e. The highest BCUT2D eigenvalue weighted by Crippen LogP contribution is 2.28. The predicted octanol–water partition coefficient (Wildman–Crippen LogP) is 4.65. The third kappa shape index (κ3) is 4.48. The highest BCUT2D eigenvalue weighted by molar-refractivity contribution is 5.58. The lowest BCUT2D eigenvalue weighted by molar-refractivity contribution is 0.169. The van der Waals surface area contributed by atoms with Gasteiger partial charge in [0.15, 0.2) is 0 Å². The number of nitrogens with zero attached hydrogens (tertiary/aromatic N) is 3. The van der Waals surface area contributed by atoms with Crippen molar-refractivity contribution in [1.29, 1.82) is 0 Å². The summed E-state index contributed by atoms with van der Waals surface area (Å²) in [6.07, 6.45) is 1.93. The number of aromatic nitrogens is 2. The first-order valence-electron chi connectivity index (χ1n) is 10.7. The third-order valence-corrected chi connectivity index (χ3v) is 5.87. The molecule has 0 bridgehead atoms. The molecule has 0 spiro atoms. The number of hydrogen-bond acceptors (Lipinski definition) is 4. The molecule has 0 atom stereocenters. The van der Waals surface area contributed by atoms with Crippen LogP contribution in [0.2, 0.25) is 0 Å². The van der Waals surface area contributed by atoms with Crippen LogP contribution in [0.15, 0.2) is 47.3 Å². The summed E-state index contributed by atoms with van der Waals surface area (Å²) in [7, 11) is 0. The Morgan fingerprint density at radius 2 is 1.71 bits per heavy atom. The van der Waals surface area contributed by atoms with E-state index >= 15 is 0 Å². The van der Waals surface area contributed by atoms with E-state index in [0.717, 1.165) is 54.2 Å². The van der Waals surface area contributed by atoms with Crippen molar-refractivity contribution in [3.63, 3.8) is 0 Å². The normalized spacial score (nSPS) is 14.7. The highest BCUT2D eigenvalue weighted by Gasteiger charge is 2.22. The minimum absolute atomic E-state index is 0.0637. The Bertz CT molecular complexity index is 1160. The second-order valence-electron chi connectivity index (χ2n) is 8.30. The van der Waals surface area contributed by atoms with Crippen molar-refractivity contribution in [2.45, 2.75) is 46.6 Å². The number of ether oxygens (including phenoxy) is 1. The summed E-state index contributed by atoms with van der Waals surface area (Å²) in [6.45, 7) is 9.40. The SMILES string of the molecule is Cc1cc(=O)n(-c2ccc(N3CCC(Oc4ccc(F)cc4C)CC3)c(C)c2)c(C)n1. The van der Waals surface area contributed by atoms with Gasteiger partial charge >= 0.3 is 0 Å². The number of benzene rings is 2. The van der Waals surface area contributed by atoms with Gasteiger partial charge in [0, 0.05) is 43.4 Å². The Hall–Kier alpha value is -3.15. The molecule has 0 unspecified atom stereocenters. The topological polar surface area (TPSA) is 47.4 Å². The first kappa shape index (κ1) is 21.1. The summed E-state index contributed by atoms with van der Waals surface area (Å²) >= 11 is 0. The second-order valence-corrected chi connectivity index (χ2v) is 8.30. The summed E-state index contributed by atoms with van der Waals surface area (Å²) in [4.78, 5) is 19.3. The number of rotatable bonds is 4. The van der Waals surface area contributed by atoms with Gasteiger partial charge in [0.25, 0.3) is 5.56 Å². The molecule has 31 heavy (non-hydrogen) atoms. The summed E-state index contributed by atoms with van der Waals surface area (Å²) in [5.41, 5.74) is 4.62. The van der Waals surface area contributed by atoms with Gasteiger partial charge in [-0.3, -0.25) is 9.36 Å². The van der Waals surface area contributed by atoms with Crippen LogP contribution in [0.5, 0.6) is 5.75 Å². The number of hydrogen-bond donors (Lipinski definition) is 0. The lowest BCUT2D eigenvalue weighted by Gasteiger charge is -2.35. The number of aryl methyl sites for hydroxylation is 4. The fraction of sp³-hybridized carbons (Fsp3) is 0.360. The van der Waals surface area contributed by atoms with Gasteiger partial charge in [0.2, 0.25) is 0 Å². The summed E-state index contributed by atoms with van der Waals surface area (Å²) in [5, 5.41) is 0. The zero-order valence-corrected chi connectivity index (χ0v) is 18.5. The molecule has 6 heteroatoms. The van der Waals surface area contributed by atoms with E-state index in [9.17, 15) is 9.18 Å². The molecule has 0 radical (unpaired) electrons. The van der Waals surface area contributed by atoms with Crippen molar-refractivity contribution in [3.05, 3.63) is 81.3 Å².